The fourth-order valence-corrected chi connectivity index (χ4v) is 2.59. The van der Waals surface area contributed by atoms with Crippen molar-refractivity contribution in [2.24, 2.45) is 0 Å². The summed E-state index contributed by atoms with van der Waals surface area (Å²) in [6, 6.07) is 13.4. The number of benzene rings is 2. The van der Waals surface area contributed by atoms with Crippen LogP contribution in [0.25, 0.3) is 0 Å². The first-order chi connectivity index (χ1) is 12.5. The summed E-state index contributed by atoms with van der Waals surface area (Å²) in [6.07, 6.45) is -1.11. The van der Waals surface area contributed by atoms with Gasteiger partial charge in [-0.15, -0.1) is 0 Å². The molecule has 0 heterocycles. The number of hydrogen-bond donors (Lipinski definition) is 1. The van der Waals surface area contributed by atoms with Crippen molar-refractivity contribution in [1.82, 2.24) is 0 Å². The van der Waals surface area contributed by atoms with Crippen molar-refractivity contribution in [3.05, 3.63) is 53.6 Å². The van der Waals surface area contributed by atoms with E-state index in [9.17, 15) is 9.59 Å². The van der Waals surface area contributed by atoms with E-state index in [2.05, 4.69) is 21.2 Å². The molecule has 26 heavy (non-hydrogen) atoms. The van der Waals surface area contributed by atoms with E-state index in [1.807, 2.05) is 0 Å². The van der Waals surface area contributed by atoms with Crippen LogP contribution in [0.2, 0.25) is 5.02 Å². The second-order valence-electron chi connectivity index (χ2n) is 5.06. The summed E-state index contributed by atoms with van der Waals surface area (Å²) in [5.41, 5.74) is 1.13. The first kappa shape index (κ1) is 20.1. The Bertz CT molecular complexity index is 755. The molecule has 1 N–H and O–H groups in total. The van der Waals surface area contributed by atoms with E-state index < -0.39 is 12.2 Å². The van der Waals surface area contributed by atoms with Gasteiger partial charge in [-0.3, -0.25) is 10.2 Å². The van der Waals surface area contributed by atoms with Gasteiger partial charge in [-0.2, -0.15) is 0 Å². The maximum atomic E-state index is 12.6. The second kappa shape index (κ2) is 10.0. The molecule has 0 spiro atoms. The van der Waals surface area contributed by atoms with Crippen LogP contribution in [0.3, 0.4) is 0 Å². The summed E-state index contributed by atoms with van der Waals surface area (Å²) >= 11 is 9.23. The molecule has 138 valence electrons. The Balaban J connectivity index is 2.11. The number of carbonyl (C=O) groups excluding carboxylic acids is 2. The SMILES string of the molecule is CCOC(=O)Nc1cccc(OC(=O)N(CCBr)c2ccc(Cl)cc2)c1. The van der Waals surface area contributed by atoms with E-state index in [1.54, 1.807) is 55.5 Å². The summed E-state index contributed by atoms with van der Waals surface area (Å²) in [7, 11) is 0. The van der Waals surface area contributed by atoms with Crippen LogP contribution in [0.1, 0.15) is 6.92 Å². The molecule has 0 fully saturated rings. The van der Waals surface area contributed by atoms with Gasteiger partial charge in [0.2, 0.25) is 0 Å². The summed E-state index contributed by atoms with van der Waals surface area (Å²) < 4.78 is 10.3. The van der Waals surface area contributed by atoms with Crippen molar-refractivity contribution in [2.45, 2.75) is 6.92 Å². The van der Waals surface area contributed by atoms with Gasteiger partial charge < -0.3 is 9.47 Å². The van der Waals surface area contributed by atoms with Crippen LogP contribution in [0.5, 0.6) is 5.75 Å². The molecule has 0 saturated heterocycles. The number of halogens is 2. The van der Waals surface area contributed by atoms with Crippen molar-refractivity contribution in [2.75, 3.05) is 28.7 Å². The van der Waals surface area contributed by atoms with Crippen molar-refractivity contribution in [1.29, 1.82) is 0 Å². The molecular weight excluding hydrogens is 424 g/mol. The van der Waals surface area contributed by atoms with Gasteiger partial charge in [-0.25, -0.2) is 9.59 Å². The monoisotopic (exact) mass is 440 g/mol. The largest absolute Gasteiger partial charge is 0.450 e. The van der Waals surface area contributed by atoms with E-state index in [-0.39, 0.29) is 6.61 Å². The van der Waals surface area contributed by atoms with E-state index in [4.69, 9.17) is 21.1 Å². The smallest absolute Gasteiger partial charge is 0.419 e. The molecule has 0 saturated carbocycles. The van der Waals surface area contributed by atoms with Gasteiger partial charge in [0, 0.05) is 34.3 Å². The minimum atomic E-state index is -0.571. The molecule has 2 rings (SSSR count). The van der Waals surface area contributed by atoms with Gasteiger partial charge >= 0.3 is 12.2 Å². The molecule has 0 unspecified atom stereocenters. The number of amides is 2. The molecule has 0 aliphatic heterocycles. The summed E-state index contributed by atoms with van der Waals surface area (Å²) in [5, 5.41) is 3.72. The molecule has 0 bridgehead atoms. The number of nitrogens with zero attached hydrogens (tertiary/aromatic N) is 1. The van der Waals surface area contributed by atoms with Crippen molar-refractivity contribution >= 4 is 51.1 Å². The van der Waals surface area contributed by atoms with Crippen LogP contribution in [-0.2, 0) is 4.74 Å². The Kier molecular flexibility index (Phi) is 7.74. The van der Waals surface area contributed by atoms with Gasteiger partial charge in [0.05, 0.1) is 6.61 Å². The molecule has 2 amide bonds. The predicted octanol–water partition coefficient (Wildman–Crippen LogP) is 5.31. The summed E-state index contributed by atoms with van der Waals surface area (Å²) in [6.45, 7) is 2.40. The second-order valence-corrected chi connectivity index (χ2v) is 6.29. The number of alkyl halides is 1. The van der Waals surface area contributed by atoms with Crippen molar-refractivity contribution in [3.63, 3.8) is 0 Å². The van der Waals surface area contributed by atoms with E-state index in [0.29, 0.717) is 34.0 Å². The van der Waals surface area contributed by atoms with Crippen molar-refractivity contribution < 1.29 is 19.1 Å². The lowest BCUT2D eigenvalue weighted by Gasteiger charge is -2.21. The number of nitrogens with one attached hydrogen (secondary N) is 1. The number of ether oxygens (including phenoxy) is 2. The molecule has 0 aromatic heterocycles. The quantitative estimate of drug-likeness (QED) is 0.617. The summed E-state index contributed by atoms with van der Waals surface area (Å²) in [4.78, 5) is 25.5. The molecular formula is C18H18BrClN2O4. The third-order valence-corrected chi connectivity index (χ3v) is 3.83. The molecule has 0 radical (unpaired) electrons. The van der Waals surface area contributed by atoms with Crippen LogP contribution in [0.15, 0.2) is 48.5 Å². The number of anilines is 2. The maximum Gasteiger partial charge on any atom is 0.419 e. The minimum absolute atomic E-state index is 0.267. The highest BCUT2D eigenvalue weighted by Crippen LogP contribution is 2.22. The van der Waals surface area contributed by atoms with Gasteiger partial charge in [0.25, 0.3) is 0 Å². The average molecular weight is 442 g/mol. The van der Waals surface area contributed by atoms with E-state index >= 15 is 0 Å². The average Bonchev–Trinajstić information content (AvgIpc) is 2.61. The number of hydrogen-bond acceptors (Lipinski definition) is 4. The zero-order valence-electron chi connectivity index (χ0n) is 14.1. The third kappa shape index (κ3) is 5.93. The lowest BCUT2D eigenvalue weighted by molar-refractivity contribution is 0.168. The molecule has 8 heteroatoms. The highest BCUT2D eigenvalue weighted by Gasteiger charge is 2.18. The van der Waals surface area contributed by atoms with Crippen LogP contribution in [0.4, 0.5) is 21.0 Å². The normalized spacial score (nSPS) is 10.1. The van der Waals surface area contributed by atoms with Gasteiger partial charge in [-0.1, -0.05) is 33.6 Å². The van der Waals surface area contributed by atoms with E-state index in [0.717, 1.165) is 0 Å². The van der Waals surface area contributed by atoms with Crippen LogP contribution in [-0.4, -0.2) is 30.7 Å². The Hall–Kier alpha value is -2.25. The Morgan fingerprint density at radius 1 is 1.19 bits per heavy atom. The standard InChI is InChI=1S/C18H18BrClN2O4/c1-2-25-17(23)21-14-4-3-5-16(12-14)26-18(24)22(11-10-19)15-8-6-13(20)7-9-15/h3-9,12H,2,10-11H2,1H3,(H,21,23). The van der Waals surface area contributed by atoms with Gasteiger partial charge in [0.1, 0.15) is 5.75 Å². The van der Waals surface area contributed by atoms with Crippen molar-refractivity contribution in [3.8, 4) is 5.75 Å². The fourth-order valence-electron chi connectivity index (χ4n) is 2.11. The van der Waals surface area contributed by atoms with Gasteiger partial charge in [0.15, 0.2) is 0 Å². The Labute approximate surface area is 165 Å². The Morgan fingerprint density at radius 2 is 1.92 bits per heavy atom. The first-order valence-electron chi connectivity index (χ1n) is 7.88. The number of carbonyl (C=O) groups is 2. The fraction of sp³-hybridized carbons (Fsp3) is 0.222. The number of rotatable bonds is 6. The topological polar surface area (TPSA) is 67.9 Å². The first-order valence-corrected chi connectivity index (χ1v) is 9.38. The van der Waals surface area contributed by atoms with Gasteiger partial charge in [-0.05, 0) is 43.3 Å². The lowest BCUT2D eigenvalue weighted by atomic mass is 10.3. The Morgan fingerprint density at radius 3 is 2.58 bits per heavy atom. The third-order valence-electron chi connectivity index (χ3n) is 3.23. The molecule has 0 aliphatic rings. The molecule has 2 aromatic rings. The van der Waals surface area contributed by atoms with Crippen LogP contribution in [0, 0.1) is 0 Å². The molecule has 0 aliphatic carbocycles. The van der Waals surface area contributed by atoms with E-state index in [1.165, 1.54) is 4.90 Å². The lowest BCUT2D eigenvalue weighted by Crippen LogP contribution is -2.35. The molecule has 0 atom stereocenters. The zero-order valence-corrected chi connectivity index (χ0v) is 16.4. The zero-order chi connectivity index (χ0) is 18.9. The van der Waals surface area contributed by atoms with Crippen LogP contribution >= 0.6 is 27.5 Å². The molecule has 2 aromatic carbocycles. The highest BCUT2D eigenvalue weighted by atomic mass is 79.9. The molecule has 6 nitrogen and oxygen atoms in total. The highest BCUT2D eigenvalue weighted by molar-refractivity contribution is 9.09. The predicted molar refractivity (Wildman–Crippen MR) is 106 cm³/mol. The van der Waals surface area contributed by atoms with Crippen LogP contribution < -0.4 is 15.0 Å². The summed E-state index contributed by atoms with van der Waals surface area (Å²) in [5.74, 6) is 0.304. The maximum absolute atomic E-state index is 12.6. The minimum Gasteiger partial charge on any atom is -0.450 e.